The summed E-state index contributed by atoms with van der Waals surface area (Å²) in [6, 6.07) is 0.516. The van der Waals surface area contributed by atoms with E-state index in [1.54, 1.807) is 6.26 Å². The van der Waals surface area contributed by atoms with Gasteiger partial charge in [0.05, 0.1) is 6.26 Å². The van der Waals surface area contributed by atoms with Gasteiger partial charge in [-0.1, -0.05) is 19.1 Å². The van der Waals surface area contributed by atoms with Crippen molar-refractivity contribution in [1.82, 2.24) is 5.32 Å². The highest BCUT2D eigenvalue weighted by molar-refractivity contribution is 5.22. The molecule has 81 valence electrons. The maximum absolute atomic E-state index is 5.10. The summed E-state index contributed by atoms with van der Waals surface area (Å²) in [6.45, 7) is 3.89. The molecule has 1 radical (unpaired) electrons. The predicted octanol–water partition coefficient (Wildman–Crippen LogP) is 2.22. The van der Waals surface area contributed by atoms with E-state index in [1.807, 2.05) is 6.08 Å². The normalized spacial score (nSPS) is 29.8. The Morgan fingerprint density at radius 1 is 1.53 bits per heavy atom. The van der Waals surface area contributed by atoms with Crippen molar-refractivity contribution < 1.29 is 4.74 Å². The Hall–Kier alpha value is -1.02. The summed E-state index contributed by atoms with van der Waals surface area (Å²) in [6.07, 6.45) is 13.8. The molecule has 0 spiro atoms. The van der Waals surface area contributed by atoms with E-state index >= 15 is 0 Å². The fourth-order valence-electron chi connectivity index (χ4n) is 1.89. The van der Waals surface area contributed by atoms with Crippen LogP contribution in [0, 0.1) is 12.3 Å². The Morgan fingerprint density at radius 3 is 3.20 bits per heavy atom. The lowest BCUT2D eigenvalue weighted by Gasteiger charge is -2.23. The number of allylic oxidation sites excluding steroid dienone is 1. The Bertz CT molecular complexity index is 291. The van der Waals surface area contributed by atoms with Crippen molar-refractivity contribution in [3.05, 3.63) is 42.6 Å². The molecule has 2 nitrogen and oxygen atoms in total. The quantitative estimate of drug-likeness (QED) is 0.761. The van der Waals surface area contributed by atoms with Gasteiger partial charge >= 0.3 is 0 Å². The molecule has 1 heterocycles. The topological polar surface area (TPSA) is 21.3 Å². The average Bonchev–Trinajstić information content (AvgIpc) is 2.28. The molecule has 0 amide bonds. The third-order valence-electron chi connectivity index (χ3n) is 2.80. The van der Waals surface area contributed by atoms with E-state index in [4.69, 9.17) is 4.74 Å². The zero-order valence-corrected chi connectivity index (χ0v) is 9.15. The number of ether oxygens (including phenoxy) is 1. The van der Waals surface area contributed by atoms with Gasteiger partial charge in [-0.2, -0.15) is 0 Å². The highest BCUT2D eigenvalue weighted by Crippen LogP contribution is 2.16. The molecule has 1 N–H and O–H groups in total. The van der Waals surface area contributed by atoms with Gasteiger partial charge in [-0.15, -0.1) is 0 Å². The molecule has 0 aromatic heterocycles. The van der Waals surface area contributed by atoms with Gasteiger partial charge < -0.3 is 10.1 Å². The first-order valence-electron chi connectivity index (χ1n) is 5.57. The summed E-state index contributed by atoms with van der Waals surface area (Å²) < 4.78 is 5.10. The molecule has 0 bridgehead atoms. The largest absolute Gasteiger partial charge is 0.497 e. The molecule has 0 aromatic carbocycles. The molecule has 2 heteroatoms. The molecule has 2 unspecified atom stereocenters. The van der Waals surface area contributed by atoms with Crippen molar-refractivity contribution in [2.45, 2.75) is 19.4 Å². The maximum Gasteiger partial charge on any atom is 0.106 e. The van der Waals surface area contributed by atoms with Crippen LogP contribution in [0.4, 0.5) is 0 Å². The molecule has 0 saturated carbocycles. The molecule has 0 saturated heterocycles. The highest BCUT2D eigenvalue weighted by Gasteiger charge is 2.14. The summed E-state index contributed by atoms with van der Waals surface area (Å²) in [5.41, 5.74) is 1.32. The second kappa shape index (κ2) is 5.17. The Labute approximate surface area is 91.7 Å². The van der Waals surface area contributed by atoms with Gasteiger partial charge in [0.2, 0.25) is 0 Å². The van der Waals surface area contributed by atoms with Crippen molar-refractivity contribution in [1.29, 1.82) is 0 Å². The Kier molecular flexibility index (Phi) is 3.62. The van der Waals surface area contributed by atoms with E-state index in [0.717, 1.165) is 6.54 Å². The van der Waals surface area contributed by atoms with Crippen molar-refractivity contribution in [3.8, 4) is 0 Å². The molecule has 0 fully saturated rings. The first kappa shape index (κ1) is 10.5. The van der Waals surface area contributed by atoms with E-state index in [-0.39, 0.29) is 0 Å². The summed E-state index contributed by atoms with van der Waals surface area (Å²) in [5.74, 6) is 0.687. The SMILES string of the molecule is CC1C=C[CH]C(NCC2=CCOC=C2)C1. The average molecular weight is 204 g/mol. The third kappa shape index (κ3) is 3.24. The van der Waals surface area contributed by atoms with Crippen LogP contribution in [-0.4, -0.2) is 19.2 Å². The van der Waals surface area contributed by atoms with E-state index in [2.05, 4.69) is 36.9 Å². The highest BCUT2D eigenvalue weighted by atomic mass is 16.5. The predicted molar refractivity (Wildman–Crippen MR) is 62.2 cm³/mol. The van der Waals surface area contributed by atoms with Gasteiger partial charge in [0.15, 0.2) is 0 Å². The fourth-order valence-corrected chi connectivity index (χ4v) is 1.89. The Morgan fingerprint density at radius 2 is 2.47 bits per heavy atom. The van der Waals surface area contributed by atoms with Crippen LogP contribution < -0.4 is 5.32 Å². The monoisotopic (exact) mass is 204 g/mol. The van der Waals surface area contributed by atoms with Crippen LogP contribution in [0.25, 0.3) is 0 Å². The minimum Gasteiger partial charge on any atom is -0.497 e. The van der Waals surface area contributed by atoms with Gasteiger partial charge in [-0.05, 0) is 36.5 Å². The molecule has 1 aliphatic carbocycles. The third-order valence-corrected chi connectivity index (χ3v) is 2.80. The van der Waals surface area contributed by atoms with Crippen molar-refractivity contribution in [3.63, 3.8) is 0 Å². The van der Waals surface area contributed by atoms with E-state index in [1.165, 1.54) is 12.0 Å². The lowest BCUT2D eigenvalue weighted by atomic mass is 9.93. The van der Waals surface area contributed by atoms with Crippen LogP contribution in [0.15, 0.2) is 36.1 Å². The van der Waals surface area contributed by atoms with Crippen LogP contribution >= 0.6 is 0 Å². The lowest BCUT2D eigenvalue weighted by molar-refractivity contribution is 0.283. The second-order valence-corrected chi connectivity index (χ2v) is 4.19. The van der Waals surface area contributed by atoms with Gasteiger partial charge in [0.25, 0.3) is 0 Å². The van der Waals surface area contributed by atoms with Gasteiger partial charge in [-0.25, -0.2) is 0 Å². The van der Waals surface area contributed by atoms with Crippen molar-refractivity contribution in [2.75, 3.05) is 13.2 Å². The van der Waals surface area contributed by atoms with Crippen LogP contribution in [0.1, 0.15) is 13.3 Å². The summed E-state index contributed by atoms with van der Waals surface area (Å²) >= 11 is 0. The molecule has 15 heavy (non-hydrogen) atoms. The Balaban J connectivity index is 1.76. The standard InChI is InChI=1S/C13H18NO/c1-11-3-2-4-13(9-11)14-10-12-5-7-15-8-6-12/h2-7,11,13-14H,8-10H2,1H3. The molecule has 2 rings (SSSR count). The number of hydrogen-bond acceptors (Lipinski definition) is 2. The first-order valence-corrected chi connectivity index (χ1v) is 5.57. The minimum atomic E-state index is 0.516. The smallest absolute Gasteiger partial charge is 0.106 e. The van der Waals surface area contributed by atoms with Crippen molar-refractivity contribution >= 4 is 0 Å². The van der Waals surface area contributed by atoms with Crippen LogP contribution in [0.3, 0.4) is 0 Å². The van der Waals surface area contributed by atoms with E-state index in [0.29, 0.717) is 18.6 Å². The molecule has 2 atom stereocenters. The molecule has 1 aliphatic heterocycles. The number of nitrogens with one attached hydrogen (secondary N) is 1. The summed E-state index contributed by atoms with van der Waals surface area (Å²) in [7, 11) is 0. The lowest BCUT2D eigenvalue weighted by Crippen LogP contribution is -2.33. The summed E-state index contributed by atoms with van der Waals surface area (Å²) in [4.78, 5) is 0. The molecular weight excluding hydrogens is 186 g/mol. The van der Waals surface area contributed by atoms with Crippen LogP contribution in [-0.2, 0) is 4.74 Å². The van der Waals surface area contributed by atoms with E-state index in [9.17, 15) is 0 Å². The summed E-state index contributed by atoms with van der Waals surface area (Å²) in [5, 5.41) is 3.54. The fraction of sp³-hybridized carbons (Fsp3) is 0.462. The number of hydrogen-bond donors (Lipinski definition) is 1. The van der Waals surface area contributed by atoms with Gasteiger partial charge in [-0.3, -0.25) is 0 Å². The van der Waals surface area contributed by atoms with Gasteiger partial charge in [0.1, 0.15) is 6.61 Å². The molecule has 2 aliphatic rings. The van der Waals surface area contributed by atoms with Crippen LogP contribution in [0.2, 0.25) is 0 Å². The number of rotatable bonds is 3. The maximum atomic E-state index is 5.10. The van der Waals surface area contributed by atoms with E-state index < -0.39 is 0 Å². The van der Waals surface area contributed by atoms with Gasteiger partial charge in [0, 0.05) is 12.6 Å². The zero-order chi connectivity index (χ0) is 10.5. The van der Waals surface area contributed by atoms with Crippen molar-refractivity contribution in [2.24, 2.45) is 5.92 Å². The second-order valence-electron chi connectivity index (χ2n) is 4.19. The molecular formula is C13H18NO. The zero-order valence-electron chi connectivity index (χ0n) is 9.15. The molecule has 0 aromatic rings. The van der Waals surface area contributed by atoms with Crippen LogP contribution in [0.5, 0.6) is 0 Å². The first-order chi connectivity index (χ1) is 7.34. The minimum absolute atomic E-state index is 0.516.